The van der Waals surface area contributed by atoms with Gasteiger partial charge in [-0.25, -0.2) is 27.8 Å². The molecule has 16 heavy (non-hydrogen) atoms. The highest BCUT2D eigenvalue weighted by Crippen LogP contribution is 1.56. The number of rotatable bonds is 0. The third kappa shape index (κ3) is 135. The van der Waals surface area contributed by atoms with Crippen LogP contribution in [0.1, 0.15) is 0 Å². The van der Waals surface area contributed by atoms with Gasteiger partial charge in [-0.05, 0) is 23.2 Å². The molecular formula is C6H14Cl4N2O4. The highest BCUT2D eigenvalue weighted by molar-refractivity contribution is 6.55. The first-order valence-corrected chi connectivity index (χ1v) is 5.47. The van der Waals surface area contributed by atoms with Gasteiger partial charge in [0, 0.05) is 0 Å². The van der Waals surface area contributed by atoms with Gasteiger partial charge in [0.1, 0.15) is 28.2 Å². The Balaban J connectivity index is -0.0000000655. The van der Waals surface area contributed by atoms with Gasteiger partial charge in [-0.2, -0.15) is 0 Å². The first-order valence-electron chi connectivity index (χ1n) is 3.36. The van der Waals surface area contributed by atoms with E-state index in [-0.39, 0.29) is 12.4 Å². The maximum Gasteiger partial charge on any atom is 0.232 e. The van der Waals surface area contributed by atoms with Gasteiger partial charge in [-0.1, -0.05) is 0 Å². The Morgan fingerprint density at radius 2 is 0.875 bits per heavy atom. The minimum Gasteiger partial charge on any atom is -1.00 e. The summed E-state index contributed by atoms with van der Waals surface area (Å²) in [7, 11) is 2.53. The molecule has 0 aromatic rings. The van der Waals surface area contributed by atoms with Crippen LogP contribution in [-0.4, -0.2) is 48.7 Å². The average molecular weight is 320 g/mol. The van der Waals surface area contributed by atoms with Crippen LogP contribution in [0.5, 0.6) is 0 Å². The second kappa shape index (κ2) is 15.3. The van der Waals surface area contributed by atoms with Crippen LogP contribution in [0.25, 0.3) is 0 Å². The Morgan fingerprint density at radius 3 is 0.875 bits per heavy atom. The van der Waals surface area contributed by atoms with E-state index in [9.17, 15) is 0 Å². The molecule has 0 saturated carbocycles. The first-order chi connectivity index (χ1) is 6.54. The smallest absolute Gasteiger partial charge is 0.232 e. The topological polar surface area (TPSA) is 98.3 Å². The van der Waals surface area contributed by atoms with Crippen molar-refractivity contribution in [3.8, 4) is 0 Å². The van der Waals surface area contributed by atoms with Crippen molar-refractivity contribution >= 4 is 34.5 Å². The van der Waals surface area contributed by atoms with Crippen molar-refractivity contribution in [2.75, 3.05) is 28.2 Å². The lowest BCUT2D eigenvalue weighted by molar-refractivity contribution is -2.00. The summed E-state index contributed by atoms with van der Waals surface area (Å²) in [5.41, 5.74) is 2.94. The van der Waals surface area contributed by atoms with Crippen molar-refractivity contribution in [3.63, 3.8) is 0 Å². The van der Waals surface area contributed by atoms with E-state index in [4.69, 9.17) is 41.8 Å². The van der Waals surface area contributed by atoms with Crippen LogP contribution in [0.4, 0.5) is 0 Å². The summed E-state index contributed by atoms with van der Waals surface area (Å²) >= 11 is 10.3. The van der Waals surface area contributed by atoms with E-state index >= 15 is 0 Å². The third-order valence-corrected chi connectivity index (χ3v) is 1.17. The van der Waals surface area contributed by atoms with E-state index in [0.29, 0.717) is 0 Å². The molecule has 0 spiro atoms. The molecule has 0 atom stereocenters. The van der Waals surface area contributed by atoms with Gasteiger partial charge in [0.2, 0.25) is 11.3 Å². The molecular weight excluding hydrogens is 306 g/mol. The quantitative estimate of drug-likeness (QED) is 0.327. The van der Waals surface area contributed by atoms with Crippen LogP contribution in [0.3, 0.4) is 0 Å². The minimum atomic E-state index is -4.94. The molecule has 0 aromatic carbocycles. The van der Waals surface area contributed by atoms with Crippen LogP contribution in [0.2, 0.25) is 0 Å². The van der Waals surface area contributed by atoms with E-state index in [1.54, 1.807) is 9.15 Å². The largest absolute Gasteiger partial charge is 1.00 e. The Bertz CT molecular complexity index is 175. The average Bonchev–Trinajstić information content (AvgIpc) is 2.02. The summed E-state index contributed by atoms with van der Waals surface area (Å²) in [5, 5.41) is 0. The van der Waals surface area contributed by atoms with Gasteiger partial charge in [-0.15, -0.1) is 10.2 Å². The number of hydrogen-bond acceptors (Lipinski definition) is 4. The summed E-state index contributed by atoms with van der Waals surface area (Å²) in [6.07, 6.45) is 0. The molecule has 0 N–H and O–H groups in total. The van der Waals surface area contributed by atoms with E-state index in [0.717, 1.165) is 0 Å². The van der Waals surface area contributed by atoms with Crippen LogP contribution >= 0.6 is 23.2 Å². The Morgan fingerprint density at radius 1 is 0.812 bits per heavy atom. The molecule has 100 valence electrons. The van der Waals surface area contributed by atoms with Crippen molar-refractivity contribution in [3.05, 3.63) is 0 Å². The molecule has 10 heteroatoms. The number of hydrogen-bond donors (Lipinski definition) is 0. The SMILES string of the molecule is C[N+](C)=CCl.C[N+](C)=CCl.[Cl-].[O-][Cl+3]([O-])([O-])[O-]. The number of nitrogens with zero attached hydrogens (tertiary/aromatic N) is 2. The zero-order valence-electron chi connectivity index (χ0n) is 9.19. The summed E-state index contributed by atoms with van der Waals surface area (Å²) in [6, 6.07) is 0. The van der Waals surface area contributed by atoms with Gasteiger partial charge in [0.15, 0.2) is 0 Å². The van der Waals surface area contributed by atoms with E-state index in [1.807, 2.05) is 28.2 Å². The summed E-state index contributed by atoms with van der Waals surface area (Å²) in [4.78, 5) is 0. The molecule has 0 aromatic heterocycles. The second-order valence-corrected chi connectivity index (χ2v) is 3.65. The van der Waals surface area contributed by atoms with Crippen molar-refractivity contribution in [2.45, 2.75) is 0 Å². The molecule has 0 aliphatic heterocycles. The summed E-state index contributed by atoms with van der Waals surface area (Å²) < 4.78 is 37.5. The molecule has 0 heterocycles. The van der Waals surface area contributed by atoms with Crippen molar-refractivity contribution in [1.82, 2.24) is 0 Å². The molecule has 0 aliphatic carbocycles. The van der Waals surface area contributed by atoms with E-state index in [2.05, 4.69) is 0 Å². The van der Waals surface area contributed by atoms with Crippen LogP contribution in [0.15, 0.2) is 0 Å². The van der Waals surface area contributed by atoms with Gasteiger partial charge < -0.3 is 12.4 Å². The lowest BCUT2D eigenvalue weighted by Gasteiger charge is -2.17. The zero-order chi connectivity index (χ0) is 13.1. The standard InChI is InChI=1S/2C3H7ClN.ClHO4.ClH/c2*1-5(2)3-4;2-1(3,4)5;/h2*3H,1-2H3;(H,2,3,4,5);1H/q2*+1;;/p-2. The van der Waals surface area contributed by atoms with Crippen LogP contribution < -0.4 is 31.0 Å². The fourth-order valence-electron chi connectivity index (χ4n) is 0. The molecule has 0 rings (SSSR count). The van der Waals surface area contributed by atoms with Gasteiger partial charge >= 0.3 is 0 Å². The normalized spacial score (nSPS) is 8.12. The Hall–Kier alpha value is 0.340. The fraction of sp³-hybridized carbons (Fsp3) is 0.667. The van der Waals surface area contributed by atoms with Crippen molar-refractivity contribution in [2.24, 2.45) is 0 Å². The minimum absolute atomic E-state index is 0. The number of halogens is 4. The lowest BCUT2D eigenvalue weighted by Crippen LogP contribution is -3.00. The predicted molar refractivity (Wildman–Crippen MR) is 48.1 cm³/mol. The van der Waals surface area contributed by atoms with Crippen molar-refractivity contribution in [1.29, 1.82) is 0 Å². The molecule has 0 fully saturated rings. The second-order valence-electron chi connectivity index (χ2n) is 2.50. The third-order valence-electron chi connectivity index (χ3n) is 0.390. The lowest BCUT2D eigenvalue weighted by atomic mass is 11.1. The molecule has 0 amide bonds. The Kier molecular flexibility index (Phi) is 24.2. The highest BCUT2D eigenvalue weighted by Gasteiger charge is 1.84. The summed E-state index contributed by atoms with van der Waals surface area (Å²) in [6.45, 7) is 0. The molecule has 6 nitrogen and oxygen atoms in total. The van der Waals surface area contributed by atoms with Gasteiger partial charge in [-0.3, -0.25) is 0 Å². The monoisotopic (exact) mass is 318 g/mol. The van der Waals surface area contributed by atoms with E-state index in [1.165, 1.54) is 11.3 Å². The maximum absolute atomic E-state index is 8.49. The molecule has 0 saturated heterocycles. The highest BCUT2D eigenvalue weighted by atomic mass is 35.7. The van der Waals surface area contributed by atoms with Crippen molar-refractivity contribution < 1.29 is 50.4 Å². The summed E-state index contributed by atoms with van der Waals surface area (Å²) in [5.74, 6) is 0. The zero-order valence-corrected chi connectivity index (χ0v) is 12.2. The predicted octanol–water partition coefficient (Wildman–Crippen LogP) is -6.70. The van der Waals surface area contributed by atoms with E-state index < -0.39 is 10.2 Å². The molecule has 0 radical (unpaired) electrons. The Labute approximate surface area is 113 Å². The maximum atomic E-state index is 8.49. The molecule has 0 unspecified atom stereocenters. The van der Waals surface area contributed by atoms with Crippen LogP contribution in [-0.2, 0) is 0 Å². The molecule has 0 aliphatic rings. The van der Waals surface area contributed by atoms with Crippen LogP contribution in [0, 0.1) is 10.2 Å². The first kappa shape index (κ1) is 25.3. The van der Waals surface area contributed by atoms with Gasteiger partial charge in [0.25, 0.3) is 0 Å². The molecule has 0 bridgehead atoms. The fourth-order valence-corrected chi connectivity index (χ4v) is 0. The van der Waals surface area contributed by atoms with Gasteiger partial charge in [0.05, 0.1) is 0 Å².